The first-order chi connectivity index (χ1) is 11.3. The number of amides is 1. The number of nitrogens with zero attached hydrogens (tertiary/aromatic N) is 1. The molecule has 0 saturated carbocycles. The summed E-state index contributed by atoms with van der Waals surface area (Å²) in [5, 5.41) is 5.97. The Morgan fingerprint density at radius 2 is 2.12 bits per heavy atom. The van der Waals surface area contributed by atoms with Crippen LogP contribution in [0, 0.1) is 19.3 Å². The number of hydrogen-bond acceptors (Lipinski definition) is 4. The number of nitrogens with one attached hydrogen (secondary N) is 2. The van der Waals surface area contributed by atoms with Crippen molar-refractivity contribution in [2.45, 2.75) is 47.0 Å². The molecule has 1 aliphatic rings. The van der Waals surface area contributed by atoms with Crippen LogP contribution in [-0.4, -0.2) is 28.2 Å². The molecule has 5 nitrogen and oxygen atoms in total. The van der Waals surface area contributed by atoms with Crippen molar-refractivity contribution in [1.29, 1.82) is 0 Å². The van der Waals surface area contributed by atoms with E-state index in [1.165, 1.54) is 0 Å². The van der Waals surface area contributed by atoms with Crippen molar-refractivity contribution in [1.82, 2.24) is 15.3 Å². The summed E-state index contributed by atoms with van der Waals surface area (Å²) in [6, 6.07) is 0. The number of H-pyrrole nitrogens is 1. The second-order valence-electron chi connectivity index (χ2n) is 7.28. The molecular weight excluding hydrogens is 322 g/mol. The summed E-state index contributed by atoms with van der Waals surface area (Å²) < 4.78 is 0. The molecule has 0 bridgehead atoms. The van der Waals surface area contributed by atoms with Crippen LogP contribution in [0.2, 0.25) is 0 Å². The van der Waals surface area contributed by atoms with Gasteiger partial charge >= 0.3 is 0 Å². The molecule has 3 rings (SSSR count). The summed E-state index contributed by atoms with van der Waals surface area (Å²) in [6.07, 6.45) is 2.03. The van der Waals surface area contributed by atoms with Gasteiger partial charge in [0, 0.05) is 36.0 Å². The maximum Gasteiger partial charge on any atom is 0.268 e. The monoisotopic (exact) mass is 345 g/mol. The van der Waals surface area contributed by atoms with E-state index in [4.69, 9.17) is 0 Å². The van der Waals surface area contributed by atoms with Gasteiger partial charge in [-0.25, -0.2) is 4.98 Å². The number of aromatic nitrogens is 2. The summed E-state index contributed by atoms with van der Waals surface area (Å²) in [7, 11) is 0. The van der Waals surface area contributed by atoms with E-state index in [-0.39, 0.29) is 17.1 Å². The van der Waals surface area contributed by atoms with Gasteiger partial charge in [0.15, 0.2) is 5.78 Å². The highest BCUT2D eigenvalue weighted by Crippen LogP contribution is 2.36. The molecule has 6 heteroatoms. The number of Topliss-reactive ketones (excluding diaryl/α,β-unsaturated/α-hetero) is 1. The molecular formula is C18H23N3O2S. The molecule has 1 aliphatic carbocycles. The zero-order valence-corrected chi connectivity index (χ0v) is 15.4. The first kappa shape index (κ1) is 16.9. The minimum atomic E-state index is -0.153. The number of carbonyl (C=O) groups is 2. The SMILES string of the molecule is Cc1nc(CCNC(=O)c2[nH]c3c(c2C)C(=O)CC(C)(C)C3)cs1. The number of fused-ring (bicyclic) bond motifs is 1. The summed E-state index contributed by atoms with van der Waals surface area (Å²) in [5.74, 6) is -0.0218. The Balaban J connectivity index is 1.71. The van der Waals surface area contributed by atoms with Crippen LogP contribution in [0.4, 0.5) is 0 Å². The molecule has 2 heterocycles. The van der Waals surface area contributed by atoms with E-state index >= 15 is 0 Å². The van der Waals surface area contributed by atoms with E-state index in [1.54, 1.807) is 11.3 Å². The van der Waals surface area contributed by atoms with Crippen molar-refractivity contribution in [2.24, 2.45) is 5.41 Å². The third-order valence-electron chi connectivity index (χ3n) is 4.46. The zero-order chi connectivity index (χ0) is 17.5. The third kappa shape index (κ3) is 3.29. The molecule has 0 radical (unpaired) electrons. The Hall–Kier alpha value is -1.95. The molecule has 1 amide bonds. The molecule has 0 spiro atoms. The molecule has 0 atom stereocenters. The summed E-state index contributed by atoms with van der Waals surface area (Å²) in [5.41, 5.74) is 3.84. The molecule has 0 aliphatic heterocycles. The van der Waals surface area contributed by atoms with Crippen LogP contribution in [-0.2, 0) is 12.8 Å². The number of carbonyl (C=O) groups excluding carboxylic acids is 2. The Morgan fingerprint density at radius 1 is 1.38 bits per heavy atom. The van der Waals surface area contributed by atoms with Crippen molar-refractivity contribution in [3.63, 3.8) is 0 Å². The molecule has 0 unspecified atom stereocenters. The number of thiazole rings is 1. The van der Waals surface area contributed by atoms with Crippen molar-refractivity contribution in [3.8, 4) is 0 Å². The van der Waals surface area contributed by atoms with Gasteiger partial charge in [-0.2, -0.15) is 0 Å². The average molecular weight is 345 g/mol. The first-order valence-corrected chi connectivity index (χ1v) is 9.08. The van der Waals surface area contributed by atoms with Crippen LogP contribution in [0.5, 0.6) is 0 Å². The van der Waals surface area contributed by atoms with Crippen LogP contribution >= 0.6 is 11.3 Å². The molecule has 0 saturated heterocycles. The second-order valence-corrected chi connectivity index (χ2v) is 8.35. The van der Waals surface area contributed by atoms with E-state index < -0.39 is 0 Å². The third-order valence-corrected chi connectivity index (χ3v) is 5.28. The normalized spacial score (nSPS) is 16.1. The number of rotatable bonds is 4. The predicted molar refractivity (Wildman–Crippen MR) is 94.9 cm³/mol. The van der Waals surface area contributed by atoms with Crippen LogP contribution in [0.1, 0.15) is 63.1 Å². The lowest BCUT2D eigenvalue weighted by Gasteiger charge is -2.28. The van der Waals surface area contributed by atoms with Gasteiger partial charge in [-0.1, -0.05) is 13.8 Å². The number of aromatic amines is 1. The van der Waals surface area contributed by atoms with E-state index in [2.05, 4.69) is 29.1 Å². The number of hydrogen-bond donors (Lipinski definition) is 2. The van der Waals surface area contributed by atoms with Crippen LogP contribution in [0.3, 0.4) is 0 Å². The standard InChI is InChI=1S/C18H23N3O2S/c1-10-15-13(7-18(3,4)8-14(15)22)21-16(10)17(23)19-6-5-12-9-24-11(2)20-12/h9,21H,5-8H2,1-4H3,(H,19,23). The fourth-order valence-electron chi connectivity index (χ4n) is 3.38. The van der Waals surface area contributed by atoms with E-state index in [0.29, 0.717) is 25.1 Å². The van der Waals surface area contributed by atoms with Crippen LogP contribution < -0.4 is 5.32 Å². The first-order valence-electron chi connectivity index (χ1n) is 8.21. The van der Waals surface area contributed by atoms with Crippen molar-refractivity contribution in [3.05, 3.63) is 38.6 Å². The van der Waals surface area contributed by atoms with Gasteiger partial charge in [0.2, 0.25) is 0 Å². The number of ketones is 1. The molecule has 2 aromatic heterocycles. The lowest BCUT2D eigenvalue weighted by Crippen LogP contribution is -2.26. The summed E-state index contributed by atoms with van der Waals surface area (Å²) in [4.78, 5) is 32.5. The van der Waals surface area contributed by atoms with Gasteiger partial charge in [-0.05, 0) is 31.2 Å². The van der Waals surface area contributed by atoms with Gasteiger partial charge in [-0.15, -0.1) is 11.3 Å². The zero-order valence-electron chi connectivity index (χ0n) is 14.6. The van der Waals surface area contributed by atoms with Gasteiger partial charge in [0.05, 0.1) is 10.7 Å². The van der Waals surface area contributed by atoms with E-state index in [0.717, 1.165) is 33.9 Å². The lowest BCUT2D eigenvalue weighted by molar-refractivity contribution is 0.0909. The Bertz CT molecular complexity index is 801. The average Bonchev–Trinajstić information content (AvgIpc) is 3.01. The minimum Gasteiger partial charge on any atom is -0.354 e. The molecule has 2 aromatic rings. The van der Waals surface area contributed by atoms with Gasteiger partial charge < -0.3 is 10.3 Å². The van der Waals surface area contributed by atoms with Gasteiger partial charge in [0.25, 0.3) is 5.91 Å². The van der Waals surface area contributed by atoms with Crippen LogP contribution in [0.25, 0.3) is 0 Å². The summed E-state index contributed by atoms with van der Waals surface area (Å²) in [6.45, 7) is 8.52. The topological polar surface area (TPSA) is 74.8 Å². The van der Waals surface area contributed by atoms with E-state index in [1.807, 2.05) is 19.2 Å². The molecule has 0 aromatic carbocycles. The van der Waals surface area contributed by atoms with Gasteiger partial charge in [0.1, 0.15) is 5.69 Å². The quantitative estimate of drug-likeness (QED) is 0.893. The fraction of sp³-hybridized carbons (Fsp3) is 0.500. The predicted octanol–water partition coefficient (Wildman–Crippen LogP) is 3.22. The highest BCUT2D eigenvalue weighted by Gasteiger charge is 2.35. The highest BCUT2D eigenvalue weighted by atomic mass is 32.1. The lowest BCUT2D eigenvalue weighted by atomic mass is 9.75. The Kier molecular flexibility index (Phi) is 4.34. The largest absolute Gasteiger partial charge is 0.354 e. The maximum absolute atomic E-state index is 12.5. The number of aryl methyl sites for hydroxylation is 1. The van der Waals surface area contributed by atoms with Crippen molar-refractivity contribution >= 4 is 23.0 Å². The second kappa shape index (κ2) is 6.16. The van der Waals surface area contributed by atoms with Crippen molar-refractivity contribution < 1.29 is 9.59 Å². The van der Waals surface area contributed by atoms with Gasteiger partial charge in [-0.3, -0.25) is 9.59 Å². The van der Waals surface area contributed by atoms with Crippen molar-refractivity contribution in [2.75, 3.05) is 6.54 Å². The fourth-order valence-corrected chi connectivity index (χ4v) is 4.02. The highest BCUT2D eigenvalue weighted by molar-refractivity contribution is 7.09. The maximum atomic E-state index is 12.5. The minimum absolute atomic E-state index is 0.0579. The Labute approximate surface area is 145 Å². The summed E-state index contributed by atoms with van der Waals surface area (Å²) >= 11 is 1.61. The molecule has 24 heavy (non-hydrogen) atoms. The molecule has 128 valence electrons. The molecule has 0 fully saturated rings. The Morgan fingerprint density at radius 3 is 2.79 bits per heavy atom. The van der Waals surface area contributed by atoms with Crippen LogP contribution in [0.15, 0.2) is 5.38 Å². The van der Waals surface area contributed by atoms with E-state index in [9.17, 15) is 9.59 Å². The smallest absolute Gasteiger partial charge is 0.268 e. The molecule has 2 N–H and O–H groups in total.